The molecule has 0 bridgehead atoms. The summed E-state index contributed by atoms with van der Waals surface area (Å²) in [5.74, 6) is -2.59. The van der Waals surface area contributed by atoms with Crippen molar-refractivity contribution >= 4 is 35.1 Å². The maximum absolute atomic E-state index is 12.3. The maximum Gasteiger partial charge on any atom is 0.307 e. The van der Waals surface area contributed by atoms with Gasteiger partial charge in [-0.15, -0.1) is 0 Å². The van der Waals surface area contributed by atoms with Crippen molar-refractivity contribution < 1.29 is 19.5 Å². The van der Waals surface area contributed by atoms with E-state index in [-0.39, 0.29) is 11.8 Å². The molecule has 1 heterocycles. The lowest BCUT2D eigenvalue weighted by Crippen LogP contribution is -2.42. The number of carboxylic acids is 1. The minimum atomic E-state index is -0.958. The fourth-order valence-electron chi connectivity index (χ4n) is 2.73. The van der Waals surface area contributed by atoms with Crippen molar-refractivity contribution in [2.45, 2.75) is 18.9 Å². The quantitative estimate of drug-likeness (QED) is 0.874. The fourth-order valence-corrected chi connectivity index (χ4v) is 2.85. The fraction of sp³-hybridized carbons (Fsp3) is 0.400. The van der Waals surface area contributed by atoms with Crippen molar-refractivity contribution in [1.29, 1.82) is 0 Å². The van der Waals surface area contributed by atoms with Crippen LogP contribution in [0.15, 0.2) is 24.3 Å². The highest BCUT2D eigenvalue weighted by atomic mass is 35.5. The highest BCUT2D eigenvalue weighted by molar-refractivity contribution is 6.30. The third-order valence-electron chi connectivity index (χ3n) is 4.10. The van der Waals surface area contributed by atoms with E-state index in [2.05, 4.69) is 5.32 Å². The number of halogens is 1. The number of aliphatic carboxylic acids is 1. The van der Waals surface area contributed by atoms with Gasteiger partial charge in [0.25, 0.3) is 0 Å². The second-order valence-corrected chi connectivity index (χ2v) is 6.04. The SMILES string of the molecule is O=C(O)[C@@H]1C[C@H]1C(=O)N[C@@H]1CCN(c2ccc(Cl)cc2)C1=O. The van der Waals surface area contributed by atoms with Crippen molar-refractivity contribution in [3.8, 4) is 0 Å². The molecule has 1 saturated carbocycles. The number of rotatable bonds is 4. The Balaban J connectivity index is 1.61. The highest BCUT2D eigenvalue weighted by Crippen LogP contribution is 2.39. The number of nitrogens with one attached hydrogen (secondary N) is 1. The van der Waals surface area contributed by atoms with Crippen LogP contribution in [-0.4, -0.2) is 35.5 Å². The predicted octanol–water partition coefficient (Wildman–Crippen LogP) is 1.28. The van der Waals surface area contributed by atoms with Gasteiger partial charge in [-0.3, -0.25) is 14.4 Å². The van der Waals surface area contributed by atoms with Gasteiger partial charge >= 0.3 is 5.97 Å². The van der Waals surface area contributed by atoms with Gasteiger partial charge in [-0.2, -0.15) is 0 Å². The molecule has 1 saturated heterocycles. The number of amides is 2. The Morgan fingerprint density at radius 3 is 2.50 bits per heavy atom. The van der Waals surface area contributed by atoms with Crippen LogP contribution >= 0.6 is 11.6 Å². The minimum absolute atomic E-state index is 0.178. The van der Waals surface area contributed by atoms with Crippen molar-refractivity contribution in [1.82, 2.24) is 5.32 Å². The lowest BCUT2D eigenvalue weighted by molar-refractivity contribution is -0.140. The van der Waals surface area contributed by atoms with Crippen LogP contribution in [-0.2, 0) is 14.4 Å². The Labute approximate surface area is 132 Å². The van der Waals surface area contributed by atoms with E-state index in [1.54, 1.807) is 29.2 Å². The Hall–Kier alpha value is -2.08. The average molecular weight is 323 g/mol. The van der Waals surface area contributed by atoms with Crippen LogP contribution in [0.25, 0.3) is 0 Å². The molecule has 3 rings (SSSR count). The number of hydrogen-bond donors (Lipinski definition) is 2. The molecule has 1 aliphatic carbocycles. The summed E-state index contributed by atoms with van der Waals surface area (Å²) in [6, 6.07) is 6.34. The number of anilines is 1. The zero-order valence-electron chi connectivity index (χ0n) is 11.7. The first-order chi connectivity index (χ1) is 10.5. The molecular formula is C15H15ClN2O4. The monoisotopic (exact) mass is 322 g/mol. The topological polar surface area (TPSA) is 86.7 Å². The van der Waals surface area contributed by atoms with Gasteiger partial charge in [-0.25, -0.2) is 0 Å². The lowest BCUT2D eigenvalue weighted by atomic mass is 10.2. The van der Waals surface area contributed by atoms with Gasteiger partial charge in [0.05, 0.1) is 11.8 Å². The summed E-state index contributed by atoms with van der Waals surface area (Å²) in [7, 11) is 0. The van der Waals surface area contributed by atoms with Crippen molar-refractivity contribution in [2.75, 3.05) is 11.4 Å². The number of hydrogen-bond acceptors (Lipinski definition) is 3. The Morgan fingerprint density at radius 2 is 1.91 bits per heavy atom. The molecule has 1 aliphatic heterocycles. The summed E-state index contributed by atoms with van der Waals surface area (Å²) in [6.07, 6.45) is 0.862. The predicted molar refractivity (Wildman–Crippen MR) is 79.6 cm³/mol. The van der Waals surface area contributed by atoms with E-state index in [1.165, 1.54) is 0 Å². The summed E-state index contributed by atoms with van der Waals surface area (Å²) in [5.41, 5.74) is 0.737. The van der Waals surface area contributed by atoms with E-state index in [9.17, 15) is 14.4 Å². The van der Waals surface area contributed by atoms with E-state index in [0.717, 1.165) is 5.69 Å². The molecule has 2 aliphatic rings. The largest absolute Gasteiger partial charge is 0.481 e. The molecule has 1 aromatic rings. The molecule has 0 aromatic heterocycles. The second kappa shape index (κ2) is 5.61. The molecule has 2 N–H and O–H groups in total. The molecular weight excluding hydrogens is 308 g/mol. The minimum Gasteiger partial charge on any atom is -0.481 e. The summed E-state index contributed by atoms with van der Waals surface area (Å²) < 4.78 is 0. The van der Waals surface area contributed by atoms with Crippen LogP contribution in [0, 0.1) is 11.8 Å². The Bertz CT molecular complexity index is 631. The van der Waals surface area contributed by atoms with E-state index in [1.807, 2.05) is 0 Å². The van der Waals surface area contributed by atoms with E-state index in [0.29, 0.717) is 24.4 Å². The number of benzene rings is 1. The number of carbonyl (C=O) groups is 3. The molecule has 2 amide bonds. The molecule has 7 heteroatoms. The molecule has 6 nitrogen and oxygen atoms in total. The summed E-state index contributed by atoms with van der Waals surface area (Å²) in [4.78, 5) is 36.7. The first-order valence-corrected chi connectivity index (χ1v) is 7.45. The van der Waals surface area contributed by atoms with Gasteiger partial charge < -0.3 is 15.3 Å². The van der Waals surface area contributed by atoms with Gasteiger partial charge in [0.2, 0.25) is 11.8 Å². The Morgan fingerprint density at radius 1 is 1.23 bits per heavy atom. The first kappa shape index (κ1) is 14.8. The summed E-state index contributed by atoms with van der Waals surface area (Å²) in [5, 5.41) is 12.1. The molecule has 22 heavy (non-hydrogen) atoms. The number of carbonyl (C=O) groups excluding carboxylic acids is 2. The van der Waals surface area contributed by atoms with Gasteiger partial charge in [0, 0.05) is 17.3 Å². The number of carboxylic acid groups (broad SMARTS) is 1. The molecule has 0 radical (unpaired) electrons. The third-order valence-corrected chi connectivity index (χ3v) is 4.36. The van der Waals surface area contributed by atoms with Gasteiger partial charge in [-0.1, -0.05) is 11.6 Å². The van der Waals surface area contributed by atoms with Crippen molar-refractivity contribution in [3.05, 3.63) is 29.3 Å². The van der Waals surface area contributed by atoms with E-state index in [4.69, 9.17) is 16.7 Å². The molecule has 0 unspecified atom stereocenters. The average Bonchev–Trinajstić information content (AvgIpc) is 3.22. The summed E-state index contributed by atoms with van der Waals surface area (Å²) >= 11 is 5.82. The zero-order valence-corrected chi connectivity index (χ0v) is 12.4. The molecule has 116 valence electrons. The first-order valence-electron chi connectivity index (χ1n) is 7.07. The van der Waals surface area contributed by atoms with Crippen LogP contribution in [0.3, 0.4) is 0 Å². The van der Waals surface area contributed by atoms with Crippen molar-refractivity contribution in [3.63, 3.8) is 0 Å². The van der Waals surface area contributed by atoms with E-state index >= 15 is 0 Å². The van der Waals surface area contributed by atoms with Gasteiger partial charge in [0.15, 0.2) is 0 Å². The molecule has 1 aromatic carbocycles. The van der Waals surface area contributed by atoms with Crippen molar-refractivity contribution in [2.24, 2.45) is 11.8 Å². The molecule has 2 fully saturated rings. The van der Waals surface area contributed by atoms with E-state index < -0.39 is 23.8 Å². The van der Waals surface area contributed by atoms with Crippen LogP contribution in [0.1, 0.15) is 12.8 Å². The number of nitrogens with zero attached hydrogens (tertiary/aromatic N) is 1. The molecule has 3 atom stereocenters. The second-order valence-electron chi connectivity index (χ2n) is 5.60. The van der Waals surface area contributed by atoms with Gasteiger partial charge in [0.1, 0.15) is 6.04 Å². The highest BCUT2D eigenvalue weighted by Gasteiger charge is 2.49. The standard InChI is InChI=1S/C15H15ClN2O4/c16-8-1-3-9(4-2-8)18-6-5-12(14(18)20)17-13(19)10-7-11(10)15(21)22/h1-4,10-12H,5-7H2,(H,17,19)(H,21,22)/t10-,11-,12-/m1/s1. The van der Waals surface area contributed by atoms with Crippen LogP contribution in [0.2, 0.25) is 5.02 Å². The Kier molecular flexibility index (Phi) is 3.78. The molecule has 0 spiro atoms. The van der Waals surface area contributed by atoms with Crippen LogP contribution in [0.5, 0.6) is 0 Å². The summed E-state index contributed by atoms with van der Waals surface area (Å²) in [6.45, 7) is 0.512. The van der Waals surface area contributed by atoms with Crippen LogP contribution < -0.4 is 10.2 Å². The van der Waals surface area contributed by atoms with Crippen LogP contribution in [0.4, 0.5) is 5.69 Å². The lowest BCUT2D eigenvalue weighted by Gasteiger charge is -2.17. The maximum atomic E-state index is 12.3. The smallest absolute Gasteiger partial charge is 0.307 e. The zero-order chi connectivity index (χ0) is 15.9. The van der Waals surface area contributed by atoms with Gasteiger partial charge in [-0.05, 0) is 37.1 Å². The third kappa shape index (κ3) is 2.78. The normalized spacial score (nSPS) is 26.9.